The van der Waals surface area contributed by atoms with Gasteiger partial charge in [0.25, 0.3) is 5.69 Å². The van der Waals surface area contributed by atoms with Gasteiger partial charge in [0, 0.05) is 27.6 Å². The van der Waals surface area contributed by atoms with E-state index in [1.165, 1.54) is 35.5 Å². The lowest BCUT2D eigenvalue weighted by Crippen LogP contribution is -1.95. The van der Waals surface area contributed by atoms with Gasteiger partial charge in [-0.2, -0.15) is 0 Å². The maximum absolute atomic E-state index is 11.3. The maximum Gasteiger partial charge on any atom is 0.335 e. The number of nitro groups is 1. The van der Waals surface area contributed by atoms with E-state index in [9.17, 15) is 20.0 Å². The van der Waals surface area contributed by atoms with Gasteiger partial charge >= 0.3 is 5.97 Å². The smallest absolute Gasteiger partial charge is 0.335 e. The fourth-order valence-electron chi connectivity index (χ4n) is 3.46. The van der Waals surface area contributed by atoms with Gasteiger partial charge in [-0.1, -0.05) is 36.0 Å². The zero-order chi connectivity index (χ0) is 23.7. The number of fused-ring (bicyclic) bond motifs is 1. The molecule has 0 amide bonds. The Balaban J connectivity index is 1.54. The summed E-state index contributed by atoms with van der Waals surface area (Å²) >= 11 is 3.03. The Bertz CT molecular complexity index is 1530. The summed E-state index contributed by atoms with van der Waals surface area (Å²) in [4.78, 5) is 39.7. The van der Waals surface area contributed by atoms with Crippen LogP contribution in [-0.2, 0) is 5.75 Å². The molecule has 2 N–H and O–H groups in total. The van der Waals surface area contributed by atoms with Crippen molar-refractivity contribution in [2.45, 2.75) is 10.8 Å². The van der Waals surface area contributed by atoms with E-state index in [1.54, 1.807) is 42.7 Å². The van der Waals surface area contributed by atoms with Crippen LogP contribution in [0.4, 0.5) is 5.69 Å². The summed E-state index contributed by atoms with van der Waals surface area (Å²) in [5.74, 6) is -0.412. The molecule has 0 spiro atoms. The average Bonchev–Trinajstić information content (AvgIpc) is 3.50. The molecule has 0 atom stereocenters. The maximum atomic E-state index is 11.3. The zero-order valence-corrected chi connectivity index (χ0v) is 19.0. The Morgan fingerprint density at radius 2 is 1.91 bits per heavy atom. The highest BCUT2D eigenvalue weighted by Crippen LogP contribution is 2.41. The molecular formula is C23H15N5O4S2. The summed E-state index contributed by atoms with van der Waals surface area (Å²) in [6.07, 6.45) is 3.04. The third kappa shape index (κ3) is 4.26. The van der Waals surface area contributed by atoms with Crippen molar-refractivity contribution in [2.75, 3.05) is 0 Å². The molecule has 0 saturated heterocycles. The number of H-pyrrole nitrogens is 1. The Hall–Kier alpha value is -4.09. The molecule has 5 aromatic rings. The van der Waals surface area contributed by atoms with Crippen LogP contribution in [0.5, 0.6) is 0 Å². The van der Waals surface area contributed by atoms with E-state index in [2.05, 4.69) is 19.9 Å². The third-order valence-corrected chi connectivity index (χ3v) is 7.41. The number of carboxylic acid groups (broad SMARTS) is 1. The quantitative estimate of drug-likeness (QED) is 0.130. The van der Waals surface area contributed by atoms with Crippen molar-refractivity contribution in [3.63, 3.8) is 0 Å². The molecule has 0 aliphatic heterocycles. The Kier molecular flexibility index (Phi) is 5.78. The summed E-state index contributed by atoms with van der Waals surface area (Å²) in [6.45, 7) is 0. The van der Waals surface area contributed by atoms with Gasteiger partial charge < -0.3 is 10.1 Å². The van der Waals surface area contributed by atoms with Crippen LogP contribution >= 0.6 is 23.1 Å². The highest BCUT2D eigenvalue weighted by Gasteiger charge is 2.17. The predicted molar refractivity (Wildman–Crippen MR) is 130 cm³/mol. The molecule has 3 heterocycles. The van der Waals surface area contributed by atoms with Crippen molar-refractivity contribution in [1.82, 2.24) is 19.9 Å². The summed E-state index contributed by atoms with van der Waals surface area (Å²) in [5.41, 5.74) is 4.20. The molecule has 0 fully saturated rings. The van der Waals surface area contributed by atoms with Crippen LogP contribution in [0.2, 0.25) is 0 Å². The second kappa shape index (κ2) is 9.04. The minimum Gasteiger partial charge on any atom is -0.478 e. The Morgan fingerprint density at radius 1 is 1.09 bits per heavy atom. The lowest BCUT2D eigenvalue weighted by Gasteiger charge is -2.05. The number of hydrogen-bond donors (Lipinski definition) is 2. The number of imidazole rings is 1. The summed E-state index contributed by atoms with van der Waals surface area (Å²) in [7, 11) is 0. The van der Waals surface area contributed by atoms with E-state index < -0.39 is 10.9 Å². The monoisotopic (exact) mass is 489 g/mol. The molecule has 0 unspecified atom stereocenters. The van der Waals surface area contributed by atoms with Gasteiger partial charge in [0.15, 0.2) is 5.65 Å². The predicted octanol–water partition coefficient (Wildman–Crippen LogP) is 5.65. The van der Waals surface area contributed by atoms with E-state index in [0.29, 0.717) is 11.4 Å². The number of carbonyl (C=O) groups is 1. The number of nitrogens with one attached hydrogen (secondary N) is 1. The van der Waals surface area contributed by atoms with E-state index in [4.69, 9.17) is 0 Å². The molecular weight excluding hydrogens is 474 g/mol. The molecule has 0 aliphatic carbocycles. The molecule has 11 heteroatoms. The molecule has 0 aliphatic rings. The largest absolute Gasteiger partial charge is 0.478 e. The van der Waals surface area contributed by atoms with Gasteiger partial charge in [-0.15, -0.1) is 11.3 Å². The van der Waals surface area contributed by atoms with Crippen LogP contribution in [0.15, 0.2) is 72.3 Å². The van der Waals surface area contributed by atoms with Crippen LogP contribution in [-0.4, -0.2) is 35.9 Å². The Morgan fingerprint density at radius 3 is 2.68 bits per heavy atom. The lowest BCUT2D eigenvalue weighted by atomic mass is 10.1. The molecule has 9 nitrogen and oxygen atoms in total. The van der Waals surface area contributed by atoms with Crippen LogP contribution in [0.25, 0.3) is 32.0 Å². The molecule has 5 rings (SSSR count). The number of nitro benzene ring substituents is 1. The first-order valence-corrected chi connectivity index (χ1v) is 11.8. The number of nitrogens with zero attached hydrogens (tertiary/aromatic N) is 4. The van der Waals surface area contributed by atoms with Crippen molar-refractivity contribution >= 4 is 45.9 Å². The van der Waals surface area contributed by atoms with Crippen molar-refractivity contribution in [3.8, 4) is 20.9 Å². The van der Waals surface area contributed by atoms with Crippen LogP contribution in [0.3, 0.4) is 0 Å². The molecule has 0 saturated carbocycles. The first-order chi connectivity index (χ1) is 16.5. The van der Waals surface area contributed by atoms with Gasteiger partial charge in [-0.3, -0.25) is 10.1 Å². The third-order valence-electron chi connectivity index (χ3n) is 5.10. The summed E-state index contributed by atoms with van der Waals surface area (Å²) in [6, 6.07) is 15.2. The van der Waals surface area contributed by atoms with E-state index in [0.717, 1.165) is 37.0 Å². The molecule has 34 heavy (non-hydrogen) atoms. The van der Waals surface area contributed by atoms with Crippen LogP contribution in [0, 0.1) is 10.1 Å². The first-order valence-electron chi connectivity index (χ1n) is 9.98. The Labute approximate surface area is 200 Å². The normalized spacial score (nSPS) is 11.1. The highest BCUT2D eigenvalue weighted by molar-refractivity contribution is 7.98. The van der Waals surface area contributed by atoms with Crippen molar-refractivity contribution < 1.29 is 14.8 Å². The van der Waals surface area contributed by atoms with E-state index >= 15 is 0 Å². The fraction of sp³-hybridized carbons (Fsp3) is 0.0435. The van der Waals surface area contributed by atoms with E-state index in [1.807, 2.05) is 12.1 Å². The minimum atomic E-state index is -0.988. The van der Waals surface area contributed by atoms with Crippen LogP contribution < -0.4 is 0 Å². The SMILES string of the molecule is O=C(O)c1ccc(-c2sc(-c3cccc([N+](=O)[O-])c3)cc2CSc2ncnc3nc[nH]c23)cc1. The van der Waals surface area contributed by atoms with Crippen molar-refractivity contribution in [3.05, 3.63) is 88.5 Å². The number of thioether (sulfide) groups is 1. The molecule has 2 aromatic carbocycles. The lowest BCUT2D eigenvalue weighted by molar-refractivity contribution is -0.384. The van der Waals surface area contributed by atoms with E-state index in [-0.39, 0.29) is 11.3 Å². The number of rotatable bonds is 7. The van der Waals surface area contributed by atoms with Gasteiger partial charge in [-0.25, -0.2) is 19.7 Å². The van der Waals surface area contributed by atoms with Gasteiger partial charge in [0.05, 0.1) is 16.8 Å². The summed E-state index contributed by atoms with van der Waals surface area (Å²) < 4.78 is 0. The average molecular weight is 490 g/mol. The number of carboxylic acids is 1. The second-order valence-corrected chi connectivity index (χ2v) is 9.24. The van der Waals surface area contributed by atoms with Crippen molar-refractivity contribution in [1.29, 1.82) is 0 Å². The standard InChI is InChI=1S/C23H15N5O4S2/c29-23(30)14-6-4-13(5-7-14)20-16(10-33-22-19-21(25-11-24-19)26-12-27-22)9-18(34-20)15-2-1-3-17(8-15)28(31)32/h1-9,11-12H,10H2,(H,29,30)(H,24,25,26,27). The topological polar surface area (TPSA) is 135 Å². The number of aromatic carboxylic acids is 1. The van der Waals surface area contributed by atoms with Crippen molar-refractivity contribution in [2.24, 2.45) is 0 Å². The molecule has 168 valence electrons. The number of thiophene rings is 1. The zero-order valence-electron chi connectivity index (χ0n) is 17.3. The fourth-order valence-corrected chi connectivity index (χ4v) is 5.67. The second-order valence-electron chi connectivity index (χ2n) is 7.22. The van der Waals surface area contributed by atoms with Gasteiger partial charge in [0.2, 0.25) is 0 Å². The number of non-ortho nitro benzene ring substituents is 1. The minimum absolute atomic E-state index is 0.0248. The van der Waals surface area contributed by atoms with Gasteiger partial charge in [-0.05, 0) is 34.9 Å². The number of hydrogen-bond acceptors (Lipinski definition) is 8. The number of aromatic amines is 1. The van der Waals surface area contributed by atoms with Crippen LogP contribution in [0.1, 0.15) is 15.9 Å². The highest BCUT2D eigenvalue weighted by atomic mass is 32.2. The number of aromatic nitrogens is 4. The first kappa shape index (κ1) is 21.7. The molecule has 0 bridgehead atoms. The molecule has 3 aromatic heterocycles. The summed E-state index contributed by atoms with van der Waals surface area (Å²) in [5, 5.41) is 21.2. The number of benzene rings is 2. The van der Waals surface area contributed by atoms with Gasteiger partial charge in [0.1, 0.15) is 16.9 Å². The molecule has 0 radical (unpaired) electrons.